The van der Waals surface area contributed by atoms with E-state index in [1.165, 1.54) is 0 Å². The number of methoxy groups -OCH3 is 1. The molecule has 2 aromatic rings. The quantitative estimate of drug-likeness (QED) is 0.811. The molecule has 0 aliphatic heterocycles. The fraction of sp³-hybridized carbons (Fsp3) is 0.500. The summed E-state index contributed by atoms with van der Waals surface area (Å²) in [6, 6.07) is 8.36. The first-order valence-corrected chi connectivity index (χ1v) is 8.08. The molecule has 1 aromatic heterocycles. The van der Waals surface area contributed by atoms with Crippen LogP contribution in [-0.4, -0.2) is 23.5 Å². The van der Waals surface area contributed by atoms with Crippen molar-refractivity contribution in [2.75, 3.05) is 13.7 Å². The van der Waals surface area contributed by atoms with Gasteiger partial charge in [0.25, 0.3) is 0 Å². The molecule has 0 bridgehead atoms. The van der Waals surface area contributed by atoms with Gasteiger partial charge in [-0.05, 0) is 44.0 Å². The predicted octanol–water partition coefficient (Wildman–Crippen LogP) is 3.38. The molecule has 0 aliphatic carbocycles. The van der Waals surface area contributed by atoms with Crippen LogP contribution >= 0.6 is 0 Å². The van der Waals surface area contributed by atoms with Crippen molar-refractivity contribution in [2.45, 2.75) is 39.8 Å². The maximum Gasteiger partial charge on any atom is 0.161 e. The second kappa shape index (κ2) is 8.02. The van der Waals surface area contributed by atoms with Crippen molar-refractivity contribution in [2.24, 2.45) is 7.05 Å². The number of nitrogens with one attached hydrogen (secondary N) is 1. The van der Waals surface area contributed by atoms with E-state index in [2.05, 4.69) is 43.3 Å². The van der Waals surface area contributed by atoms with E-state index >= 15 is 0 Å². The standard InChI is InChI=1S/C18H27N3O2/c1-6-9-23-17-8-7-15(11-18(17)22-5)12-19-14(3)16-10-13(2)21(4)20-16/h7-8,10-11,14,19H,6,9,12H2,1-5H3/t14-/m0/s1. The highest BCUT2D eigenvalue weighted by Crippen LogP contribution is 2.28. The topological polar surface area (TPSA) is 48.3 Å². The summed E-state index contributed by atoms with van der Waals surface area (Å²) >= 11 is 0. The first kappa shape index (κ1) is 17.3. The zero-order valence-corrected chi connectivity index (χ0v) is 14.7. The van der Waals surface area contributed by atoms with Gasteiger partial charge < -0.3 is 14.8 Å². The van der Waals surface area contributed by atoms with Gasteiger partial charge in [0, 0.05) is 25.3 Å². The molecule has 0 saturated heterocycles. The SMILES string of the molecule is CCCOc1ccc(CN[C@@H](C)c2cc(C)n(C)n2)cc1OC. The molecule has 5 nitrogen and oxygen atoms in total. The summed E-state index contributed by atoms with van der Waals surface area (Å²) in [5.41, 5.74) is 3.37. The third kappa shape index (κ3) is 4.48. The molecule has 0 amide bonds. The van der Waals surface area contributed by atoms with Gasteiger partial charge >= 0.3 is 0 Å². The number of aryl methyl sites for hydroxylation is 2. The van der Waals surface area contributed by atoms with E-state index in [4.69, 9.17) is 9.47 Å². The Kier molecular flexibility index (Phi) is 6.04. The van der Waals surface area contributed by atoms with Crippen LogP contribution < -0.4 is 14.8 Å². The molecule has 0 saturated carbocycles. The van der Waals surface area contributed by atoms with Crippen molar-refractivity contribution in [3.8, 4) is 11.5 Å². The van der Waals surface area contributed by atoms with Crippen LogP contribution in [0.3, 0.4) is 0 Å². The van der Waals surface area contributed by atoms with Gasteiger partial charge in [0.1, 0.15) is 0 Å². The molecule has 126 valence electrons. The van der Waals surface area contributed by atoms with Crippen molar-refractivity contribution < 1.29 is 9.47 Å². The first-order valence-electron chi connectivity index (χ1n) is 8.08. The molecular formula is C18H27N3O2. The zero-order valence-electron chi connectivity index (χ0n) is 14.7. The Hall–Kier alpha value is -2.01. The fourth-order valence-electron chi connectivity index (χ4n) is 2.33. The van der Waals surface area contributed by atoms with E-state index in [-0.39, 0.29) is 6.04 Å². The van der Waals surface area contributed by atoms with Gasteiger partial charge in [0.05, 0.1) is 19.4 Å². The van der Waals surface area contributed by atoms with E-state index in [1.54, 1.807) is 7.11 Å². The highest BCUT2D eigenvalue weighted by molar-refractivity contribution is 5.43. The van der Waals surface area contributed by atoms with Crippen LogP contribution in [0.4, 0.5) is 0 Å². The summed E-state index contributed by atoms with van der Waals surface area (Å²) in [6.07, 6.45) is 0.980. The Morgan fingerprint density at radius 3 is 2.65 bits per heavy atom. The Bertz CT molecular complexity index is 618. The van der Waals surface area contributed by atoms with E-state index in [1.807, 2.05) is 23.9 Å². The molecule has 0 radical (unpaired) electrons. The molecule has 0 spiro atoms. The van der Waals surface area contributed by atoms with Crippen LogP contribution in [0.1, 0.15) is 43.3 Å². The molecule has 0 aliphatic rings. The molecule has 1 heterocycles. The summed E-state index contributed by atoms with van der Waals surface area (Å²) < 4.78 is 13.0. The minimum absolute atomic E-state index is 0.192. The fourth-order valence-corrected chi connectivity index (χ4v) is 2.33. The lowest BCUT2D eigenvalue weighted by Gasteiger charge is -2.14. The maximum absolute atomic E-state index is 5.68. The molecule has 0 fully saturated rings. The molecular weight excluding hydrogens is 290 g/mol. The average molecular weight is 317 g/mol. The van der Waals surface area contributed by atoms with Crippen molar-refractivity contribution in [1.82, 2.24) is 15.1 Å². The van der Waals surface area contributed by atoms with Crippen LogP contribution in [0.15, 0.2) is 24.3 Å². The minimum Gasteiger partial charge on any atom is -0.493 e. The number of aromatic nitrogens is 2. The second-order valence-corrected chi connectivity index (χ2v) is 5.77. The highest BCUT2D eigenvalue weighted by atomic mass is 16.5. The number of ether oxygens (including phenoxy) is 2. The first-order chi connectivity index (χ1) is 11.0. The number of nitrogens with zero attached hydrogens (tertiary/aromatic N) is 2. The van der Waals surface area contributed by atoms with Crippen LogP contribution in [-0.2, 0) is 13.6 Å². The summed E-state index contributed by atoms with van der Waals surface area (Å²) in [4.78, 5) is 0. The Labute approximate surface area is 138 Å². The van der Waals surface area contributed by atoms with E-state index in [0.717, 1.165) is 41.4 Å². The average Bonchev–Trinajstić information content (AvgIpc) is 2.90. The van der Waals surface area contributed by atoms with E-state index in [9.17, 15) is 0 Å². The van der Waals surface area contributed by atoms with Crippen molar-refractivity contribution in [1.29, 1.82) is 0 Å². The predicted molar refractivity (Wildman–Crippen MR) is 92.0 cm³/mol. The molecule has 1 atom stereocenters. The van der Waals surface area contributed by atoms with Crippen LogP contribution in [0, 0.1) is 6.92 Å². The molecule has 1 aromatic carbocycles. The lowest BCUT2D eigenvalue weighted by Crippen LogP contribution is -2.18. The molecule has 23 heavy (non-hydrogen) atoms. The Morgan fingerprint density at radius 1 is 1.26 bits per heavy atom. The van der Waals surface area contributed by atoms with Crippen molar-refractivity contribution in [3.63, 3.8) is 0 Å². The zero-order chi connectivity index (χ0) is 16.8. The van der Waals surface area contributed by atoms with Gasteiger partial charge in [0.15, 0.2) is 11.5 Å². The van der Waals surface area contributed by atoms with Crippen molar-refractivity contribution >= 4 is 0 Å². The second-order valence-electron chi connectivity index (χ2n) is 5.77. The number of rotatable bonds is 8. The van der Waals surface area contributed by atoms with Gasteiger partial charge in [0.2, 0.25) is 0 Å². The monoisotopic (exact) mass is 317 g/mol. The Balaban J connectivity index is 1.99. The lowest BCUT2D eigenvalue weighted by atomic mass is 10.1. The maximum atomic E-state index is 5.68. The lowest BCUT2D eigenvalue weighted by molar-refractivity contribution is 0.294. The molecule has 1 N–H and O–H groups in total. The van der Waals surface area contributed by atoms with Gasteiger partial charge in [-0.3, -0.25) is 4.68 Å². The van der Waals surface area contributed by atoms with Crippen LogP contribution in [0.25, 0.3) is 0 Å². The number of benzene rings is 1. The van der Waals surface area contributed by atoms with E-state index in [0.29, 0.717) is 6.61 Å². The third-order valence-corrected chi connectivity index (χ3v) is 3.88. The van der Waals surface area contributed by atoms with Gasteiger partial charge in [-0.1, -0.05) is 13.0 Å². The summed E-state index contributed by atoms with van der Waals surface area (Å²) in [5.74, 6) is 1.57. The molecule has 5 heteroatoms. The minimum atomic E-state index is 0.192. The van der Waals surface area contributed by atoms with Crippen LogP contribution in [0.2, 0.25) is 0 Å². The Morgan fingerprint density at radius 2 is 2.04 bits per heavy atom. The van der Waals surface area contributed by atoms with Gasteiger partial charge in [-0.15, -0.1) is 0 Å². The normalized spacial score (nSPS) is 12.2. The summed E-state index contributed by atoms with van der Waals surface area (Å²) in [5, 5.41) is 8.01. The third-order valence-electron chi connectivity index (χ3n) is 3.88. The smallest absolute Gasteiger partial charge is 0.161 e. The summed E-state index contributed by atoms with van der Waals surface area (Å²) in [6.45, 7) is 7.72. The molecule has 0 unspecified atom stereocenters. The van der Waals surface area contributed by atoms with Gasteiger partial charge in [-0.25, -0.2) is 0 Å². The number of hydrogen-bond acceptors (Lipinski definition) is 4. The van der Waals surface area contributed by atoms with Crippen LogP contribution in [0.5, 0.6) is 11.5 Å². The summed E-state index contributed by atoms with van der Waals surface area (Å²) in [7, 11) is 3.64. The van der Waals surface area contributed by atoms with E-state index < -0.39 is 0 Å². The highest BCUT2D eigenvalue weighted by Gasteiger charge is 2.11. The van der Waals surface area contributed by atoms with Crippen molar-refractivity contribution in [3.05, 3.63) is 41.2 Å². The number of hydrogen-bond donors (Lipinski definition) is 1. The van der Waals surface area contributed by atoms with Gasteiger partial charge in [-0.2, -0.15) is 5.10 Å². The largest absolute Gasteiger partial charge is 0.493 e. The molecule has 2 rings (SSSR count).